The number of aromatic hydroxyl groups is 1. The van der Waals surface area contributed by atoms with Gasteiger partial charge < -0.3 is 14.9 Å². The Morgan fingerprint density at radius 1 is 1.26 bits per heavy atom. The Bertz CT molecular complexity index is 608. The number of ether oxygens (including phenoxy) is 1. The van der Waals surface area contributed by atoms with Crippen LogP contribution < -0.4 is 4.74 Å². The summed E-state index contributed by atoms with van der Waals surface area (Å²) in [6.07, 6.45) is 7.19. The number of carbonyl (C=O) groups excluding carboxylic acids is 1. The van der Waals surface area contributed by atoms with E-state index in [1.807, 2.05) is 13.0 Å². The molecule has 23 heavy (non-hydrogen) atoms. The highest BCUT2D eigenvalue weighted by atomic mass is 16.5. The number of carbonyl (C=O) groups is 1. The molecule has 4 nitrogen and oxygen atoms in total. The average molecular weight is 318 g/mol. The predicted molar refractivity (Wildman–Crippen MR) is 92.1 cm³/mol. The summed E-state index contributed by atoms with van der Waals surface area (Å²) in [6, 6.07) is 1.60. The van der Waals surface area contributed by atoms with Gasteiger partial charge in [0, 0.05) is 5.56 Å². The number of hydrogen-bond donors (Lipinski definition) is 2. The molecule has 0 aliphatic rings. The van der Waals surface area contributed by atoms with E-state index >= 15 is 0 Å². The van der Waals surface area contributed by atoms with E-state index in [0.29, 0.717) is 29.6 Å². The molecule has 0 aromatic heterocycles. The molecule has 0 saturated carbocycles. The molecule has 126 valence electrons. The van der Waals surface area contributed by atoms with Crippen LogP contribution in [0.5, 0.6) is 11.5 Å². The number of rotatable bonds is 8. The molecule has 1 aromatic rings. The minimum atomic E-state index is -0.324. The van der Waals surface area contributed by atoms with Crippen LogP contribution in [0.1, 0.15) is 55.1 Å². The number of methoxy groups -OCH3 is 1. The second-order valence-corrected chi connectivity index (χ2v) is 5.83. The number of benzene rings is 1. The van der Waals surface area contributed by atoms with Crippen molar-refractivity contribution in [3.05, 3.63) is 46.1 Å². The largest absolute Gasteiger partial charge is 0.507 e. The molecule has 0 atom stereocenters. The van der Waals surface area contributed by atoms with E-state index in [0.717, 1.165) is 12.8 Å². The molecule has 0 bridgehead atoms. The highest BCUT2D eigenvalue weighted by molar-refractivity contribution is 5.83. The Labute approximate surface area is 138 Å². The van der Waals surface area contributed by atoms with E-state index in [2.05, 4.69) is 19.9 Å². The Morgan fingerprint density at radius 2 is 1.96 bits per heavy atom. The van der Waals surface area contributed by atoms with E-state index in [1.54, 1.807) is 6.07 Å². The maximum Gasteiger partial charge on any atom is 0.154 e. The molecule has 0 fully saturated rings. The van der Waals surface area contributed by atoms with Gasteiger partial charge in [0.15, 0.2) is 6.29 Å². The van der Waals surface area contributed by atoms with Gasteiger partial charge in [-0.25, -0.2) is 0 Å². The van der Waals surface area contributed by atoms with Gasteiger partial charge in [0.05, 0.1) is 19.3 Å². The van der Waals surface area contributed by atoms with Gasteiger partial charge in [-0.05, 0) is 51.7 Å². The first-order chi connectivity index (χ1) is 10.9. The zero-order valence-corrected chi connectivity index (χ0v) is 14.3. The number of phenols is 1. The van der Waals surface area contributed by atoms with Gasteiger partial charge in [0.2, 0.25) is 0 Å². The molecule has 0 aliphatic heterocycles. The molecule has 0 heterocycles. The summed E-state index contributed by atoms with van der Waals surface area (Å²) < 4.78 is 5.29. The van der Waals surface area contributed by atoms with Gasteiger partial charge >= 0.3 is 0 Å². The van der Waals surface area contributed by atoms with Crippen molar-refractivity contribution < 1.29 is 19.7 Å². The van der Waals surface area contributed by atoms with Gasteiger partial charge in [-0.15, -0.1) is 0 Å². The molecule has 0 radical (unpaired) electrons. The van der Waals surface area contributed by atoms with Crippen molar-refractivity contribution in [1.29, 1.82) is 0 Å². The summed E-state index contributed by atoms with van der Waals surface area (Å²) in [7, 11) is 1.51. The van der Waals surface area contributed by atoms with Crippen molar-refractivity contribution >= 4 is 6.29 Å². The first-order valence-electron chi connectivity index (χ1n) is 7.71. The number of phenolic OH excluding ortho intramolecular Hbond substituents is 1. The van der Waals surface area contributed by atoms with Gasteiger partial charge in [0.1, 0.15) is 11.5 Å². The molecule has 0 spiro atoms. The smallest absolute Gasteiger partial charge is 0.154 e. The van der Waals surface area contributed by atoms with Crippen LogP contribution in [-0.4, -0.2) is 23.6 Å². The molecule has 0 amide bonds. The van der Waals surface area contributed by atoms with Crippen LogP contribution in [0.3, 0.4) is 0 Å². The quantitative estimate of drug-likeness (QED) is 0.563. The Balaban J connectivity index is 3.03. The summed E-state index contributed by atoms with van der Waals surface area (Å²) in [4.78, 5) is 11.2. The van der Waals surface area contributed by atoms with Crippen molar-refractivity contribution in [3.63, 3.8) is 0 Å². The highest BCUT2D eigenvalue weighted by Crippen LogP contribution is 2.34. The van der Waals surface area contributed by atoms with E-state index in [9.17, 15) is 15.0 Å². The number of aldehydes is 1. The lowest BCUT2D eigenvalue weighted by atomic mass is 9.98. The number of aliphatic hydroxyl groups excluding tert-OH is 1. The fraction of sp³-hybridized carbons (Fsp3) is 0.421. The minimum absolute atomic E-state index is 0.114. The lowest BCUT2D eigenvalue weighted by molar-refractivity contribution is 0.111. The summed E-state index contributed by atoms with van der Waals surface area (Å²) in [6.45, 7) is 5.87. The third-order valence-electron chi connectivity index (χ3n) is 3.74. The van der Waals surface area contributed by atoms with Crippen molar-refractivity contribution in [3.8, 4) is 11.5 Å². The van der Waals surface area contributed by atoms with Crippen LogP contribution in [0.15, 0.2) is 29.4 Å². The third kappa shape index (κ3) is 5.25. The standard InChI is InChI=1S/C19H26O4/c1-13(2)6-5-7-14(3)8-9-16-18(23-4)10-15(11-20)17(12-21)19(16)22/h6,8,10,12,20,22H,5,7,9,11H2,1-4H3/b14-8+. The SMILES string of the molecule is COc1cc(CO)c(C=O)c(O)c1C/C=C(\C)CCC=C(C)C. The van der Waals surface area contributed by atoms with Crippen molar-refractivity contribution in [2.45, 2.75) is 46.6 Å². The molecule has 1 aromatic carbocycles. The topological polar surface area (TPSA) is 66.8 Å². The second kappa shape index (κ2) is 9.16. The van der Waals surface area contributed by atoms with Crippen LogP contribution in [0, 0.1) is 0 Å². The van der Waals surface area contributed by atoms with E-state index in [1.165, 1.54) is 18.3 Å². The van der Waals surface area contributed by atoms with Gasteiger partial charge in [0.25, 0.3) is 0 Å². The monoisotopic (exact) mass is 318 g/mol. The van der Waals surface area contributed by atoms with Crippen LogP contribution in [-0.2, 0) is 13.0 Å². The lowest BCUT2D eigenvalue weighted by Crippen LogP contribution is -2.00. The Morgan fingerprint density at radius 3 is 2.48 bits per heavy atom. The Kier molecular flexibility index (Phi) is 7.55. The van der Waals surface area contributed by atoms with Crippen molar-refractivity contribution in [2.75, 3.05) is 7.11 Å². The minimum Gasteiger partial charge on any atom is -0.507 e. The van der Waals surface area contributed by atoms with Crippen LogP contribution >= 0.6 is 0 Å². The predicted octanol–water partition coefficient (Wildman–Crippen LogP) is 3.94. The van der Waals surface area contributed by atoms with Crippen molar-refractivity contribution in [1.82, 2.24) is 0 Å². The molecular weight excluding hydrogens is 292 g/mol. The molecule has 0 aliphatic carbocycles. The summed E-state index contributed by atoms with van der Waals surface area (Å²) in [5, 5.41) is 19.6. The first-order valence-corrected chi connectivity index (χ1v) is 7.71. The van der Waals surface area contributed by atoms with Crippen LogP contribution in [0.25, 0.3) is 0 Å². The molecule has 2 N–H and O–H groups in total. The fourth-order valence-corrected chi connectivity index (χ4v) is 2.36. The Hall–Kier alpha value is -2.07. The summed E-state index contributed by atoms with van der Waals surface area (Å²) in [5.41, 5.74) is 3.56. The average Bonchev–Trinajstić information content (AvgIpc) is 2.52. The zero-order chi connectivity index (χ0) is 17.4. The molecule has 0 unspecified atom stereocenters. The zero-order valence-electron chi connectivity index (χ0n) is 14.3. The number of allylic oxidation sites excluding steroid dienone is 4. The maximum atomic E-state index is 11.2. The van der Waals surface area contributed by atoms with Gasteiger partial charge in [-0.2, -0.15) is 0 Å². The van der Waals surface area contributed by atoms with Crippen LogP contribution in [0.4, 0.5) is 0 Å². The molecule has 0 saturated heterocycles. The number of hydrogen-bond acceptors (Lipinski definition) is 4. The highest BCUT2D eigenvalue weighted by Gasteiger charge is 2.16. The van der Waals surface area contributed by atoms with Crippen LogP contribution in [0.2, 0.25) is 0 Å². The van der Waals surface area contributed by atoms with Gasteiger partial charge in [-0.1, -0.05) is 23.3 Å². The van der Waals surface area contributed by atoms with E-state index in [-0.39, 0.29) is 17.9 Å². The maximum absolute atomic E-state index is 11.2. The second-order valence-electron chi connectivity index (χ2n) is 5.83. The van der Waals surface area contributed by atoms with E-state index < -0.39 is 0 Å². The van der Waals surface area contributed by atoms with E-state index in [4.69, 9.17) is 4.74 Å². The number of aliphatic hydroxyl groups is 1. The normalized spacial score (nSPS) is 11.3. The van der Waals surface area contributed by atoms with Crippen molar-refractivity contribution in [2.24, 2.45) is 0 Å². The summed E-state index contributed by atoms with van der Waals surface area (Å²) in [5.74, 6) is 0.363. The lowest BCUT2D eigenvalue weighted by Gasteiger charge is -2.14. The third-order valence-corrected chi connectivity index (χ3v) is 3.74. The molecular formula is C19H26O4. The van der Waals surface area contributed by atoms with Gasteiger partial charge in [-0.3, -0.25) is 4.79 Å². The molecule has 1 rings (SSSR count). The molecule has 4 heteroatoms. The summed E-state index contributed by atoms with van der Waals surface area (Å²) >= 11 is 0. The fourth-order valence-electron chi connectivity index (χ4n) is 2.36. The first kappa shape index (κ1) is 19.0.